The highest BCUT2D eigenvalue weighted by molar-refractivity contribution is 5.98. The van der Waals surface area contributed by atoms with Crippen LogP contribution in [0.3, 0.4) is 0 Å². The van der Waals surface area contributed by atoms with Crippen molar-refractivity contribution in [2.24, 2.45) is 0 Å². The van der Waals surface area contributed by atoms with E-state index in [0.717, 1.165) is 0 Å². The Morgan fingerprint density at radius 2 is 1.44 bits per heavy atom. The number of aliphatic hydroxyl groups is 7. The van der Waals surface area contributed by atoms with Gasteiger partial charge in [0.05, 0.1) is 24.9 Å². The van der Waals surface area contributed by atoms with Crippen LogP contribution in [0.2, 0.25) is 0 Å². The first-order valence-corrected chi connectivity index (χ1v) is 10.1. The second-order valence-corrected chi connectivity index (χ2v) is 7.82. The van der Waals surface area contributed by atoms with Gasteiger partial charge in [-0.1, -0.05) is 12.1 Å². The van der Waals surface area contributed by atoms with Crippen molar-refractivity contribution >= 4 is 5.78 Å². The molecule has 3 rings (SSSR count). The molecule has 1 aromatic carbocycles. The average molecular weight is 460 g/mol. The first kappa shape index (κ1) is 24.9. The third-order valence-corrected chi connectivity index (χ3v) is 5.69. The number of carbonyl (C=O) groups is 1. The normalized spacial score (nSPS) is 40.2. The molecule has 2 saturated heterocycles. The maximum absolute atomic E-state index is 12.5. The predicted molar refractivity (Wildman–Crippen MR) is 103 cm³/mol. The number of benzene rings is 1. The second kappa shape index (κ2) is 10.5. The molecule has 180 valence electrons. The number of Topliss-reactive ketones (excluding diaryl/α,β-unsaturated/α-hetero) is 1. The molecular weight excluding hydrogens is 432 g/mol. The largest absolute Gasteiger partial charge is 0.507 e. The highest BCUT2D eigenvalue weighted by atomic mass is 16.7. The Morgan fingerprint density at radius 3 is 2.06 bits per heavy atom. The van der Waals surface area contributed by atoms with Gasteiger partial charge in [0.1, 0.15) is 54.6 Å². The number of ketones is 1. The molecule has 10 atom stereocenters. The average Bonchev–Trinajstić information content (AvgIpc) is 2.78. The van der Waals surface area contributed by atoms with Crippen LogP contribution < -0.4 is 0 Å². The van der Waals surface area contributed by atoms with E-state index in [1.807, 2.05) is 0 Å². The van der Waals surface area contributed by atoms with Gasteiger partial charge in [-0.15, -0.1) is 0 Å². The number of hydrogen-bond donors (Lipinski definition) is 8. The van der Waals surface area contributed by atoms with Gasteiger partial charge < -0.3 is 55.1 Å². The van der Waals surface area contributed by atoms with Crippen LogP contribution in [-0.4, -0.2) is 121 Å². The number of phenolic OH excluding ortho intramolecular Hbond substituents is 1. The Morgan fingerprint density at radius 1 is 0.812 bits per heavy atom. The van der Waals surface area contributed by atoms with Crippen LogP contribution >= 0.6 is 0 Å². The highest BCUT2D eigenvalue weighted by Crippen LogP contribution is 2.31. The molecule has 0 amide bonds. The minimum atomic E-state index is -1.77. The van der Waals surface area contributed by atoms with Crippen LogP contribution in [0.4, 0.5) is 0 Å². The smallest absolute Gasteiger partial charge is 0.187 e. The molecule has 8 N–H and O–H groups in total. The van der Waals surface area contributed by atoms with E-state index in [-0.39, 0.29) is 11.3 Å². The predicted octanol–water partition coefficient (Wildman–Crippen LogP) is -3.37. The van der Waals surface area contributed by atoms with Crippen molar-refractivity contribution in [1.29, 1.82) is 0 Å². The van der Waals surface area contributed by atoms with Crippen molar-refractivity contribution in [2.45, 2.75) is 67.6 Å². The number of para-hydroxylation sites is 1. The standard InChI is InChI=1S/C20H28O12/c21-6-12-15(26)16(27)18(29)20(31-12)32-19-13(7-22)30-11(14(25)17(19)28)5-10(24)8-3-1-2-4-9(8)23/h1-4,11-23,25-29H,5-7H2/t11-,12+,13+,14-,15+,16-,17+,18+,19+,20-/m0/s1. The Kier molecular flexibility index (Phi) is 8.16. The van der Waals surface area contributed by atoms with E-state index < -0.39 is 86.6 Å². The van der Waals surface area contributed by atoms with Crippen molar-refractivity contribution in [1.82, 2.24) is 0 Å². The number of aliphatic hydroxyl groups excluding tert-OH is 7. The molecular formula is C20H28O12. The Hall–Kier alpha value is -1.71. The maximum Gasteiger partial charge on any atom is 0.187 e. The molecule has 2 aliphatic heterocycles. The summed E-state index contributed by atoms with van der Waals surface area (Å²) in [6.07, 6.45) is -15.7. The summed E-state index contributed by atoms with van der Waals surface area (Å²) < 4.78 is 16.2. The van der Waals surface area contributed by atoms with Gasteiger partial charge >= 0.3 is 0 Å². The van der Waals surface area contributed by atoms with Crippen LogP contribution in [0.1, 0.15) is 16.8 Å². The van der Waals surface area contributed by atoms with E-state index in [0.29, 0.717) is 0 Å². The van der Waals surface area contributed by atoms with E-state index in [1.165, 1.54) is 18.2 Å². The van der Waals surface area contributed by atoms with Crippen molar-refractivity contribution in [2.75, 3.05) is 13.2 Å². The summed E-state index contributed by atoms with van der Waals surface area (Å²) in [7, 11) is 0. The monoisotopic (exact) mass is 460 g/mol. The van der Waals surface area contributed by atoms with Crippen LogP contribution in [-0.2, 0) is 14.2 Å². The third kappa shape index (κ3) is 4.94. The SMILES string of the molecule is O=C(C[C@@H]1O[C@H](CO)[C@@H](O[C@@H]2O[C@H](CO)[C@@H](O)[C@H](O)[C@H]2O)[C@H](O)[C@H]1O)c1ccccc1O. The molecule has 2 heterocycles. The van der Waals surface area contributed by atoms with Gasteiger partial charge in [0.25, 0.3) is 0 Å². The molecule has 0 radical (unpaired) electrons. The zero-order valence-corrected chi connectivity index (χ0v) is 16.9. The number of rotatable bonds is 7. The summed E-state index contributed by atoms with van der Waals surface area (Å²) in [6.45, 7) is -1.40. The Labute approximate surface area is 182 Å². The van der Waals surface area contributed by atoms with E-state index in [2.05, 4.69) is 0 Å². The number of carbonyl (C=O) groups excluding carboxylic acids is 1. The topological polar surface area (TPSA) is 207 Å². The second-order valence-electron chi connectivity index (χ2n) is 7.82. The molecule has 0 unspecified atom stereocenters. The summed E-state index contributed by atoms with van der Waals surface area (Å²) in [5, 5.41) is 79.8. The minimum absolute atomic E-state index is 0.00182. The van der Waals surface area contributed by atoms with Gasteiger partial charge in [0.15, 0.2) is 12.1 Å². The highest BCUT2D eigenvalue weighted by Gasteiger charge is 2.50. The van der Waals surface area contributed by atoms with E-state index in [4.69, 9.17) is 14.2 Å². The molecule has 12 heteroatoms. The lowest BCUT2D eigenvalue weighted by molar-refractivity contribution is -0.341. The van der Waals surface area contributed by atoms with E-state index >= 15 is 0 Å². The molecule has 12 nitrogen and oxygen atoms in total. The zero-order valence-electron chi connectivity index (χ0n) is 16.9. The lowest BCUT2D eigenvalue weighted by atomic mass is 9.91. The number of hydrogen-bond acceptors (Lipinski definition) is 12. The zero-order chi connectivity index (χ0) is 23.6. The van der Waals surface area contributed by atoms with Crippen LogP contribution in [0.5, 0.6) is 5.75 Å². The lowest BCUT2D eigenvalue weighted by Gasteiger charge is -2.46. The molecule has 0 bridgehead atoms. The Balaban J connectivity index is 1.71. The molecule has 2 aliphatic rings. The molecule has 0 saturated carbocycles. The minimum Gasteiger partial charge on any atom is -0.507 e. The van der Waals surface area contributed by atoms with E-state index in [1.54, 1.807) is 6.07 Å². The summed E-state index contributed by atoms with van der Waals surface area (Å²) in [4.78, 5) is 12.5. The van der Waals surface area contributed by atoms with Crippen molar-refractivity contribution in [3.05, 3.63) is 29.8 Å². The molecule has 1 aromatic rings. The summed E-state index contributed by atoms with van der Waals surface area (Å²) in [5.74, 6) is -0.824. The fourth-order valence-corrected chi connectivity index (χ4v) is 3.84. The Bertz CT molecular complexity index is 771. The van der Waals surface area contributed by atoms with E-state index in [9.17, 15) is 45.6 Å². The molecule has 2 fully saturated rings. The van der Waals surface area contributed by atoms with Crippen molar-refractivity contribution in [3.63, 3.8) is 0 Å². The quantitative estimate of drug-likeness (QED) is 0.188. The molecule has 0 aliphatic carbocycles. The first-order valence-electron chi connectivity index (χ1n) is 10.1. The molecule has 32 heavy (non-hydrogen) atoms. The molecule has 0 aromatic heterocycles. The van der Waals surface area contributed by atoms with Gasteiger partial charge in [-0.2, -0.15) is 0 Å². The fraction of sp³-hybridized carbons (Fsp3) is 0.650. The number of ether oxygens (including phenoxy) is 3. The summed E-state index contributed by atoms with van der Waals surface area (Å²) >= 11 is 0. The maximum atomic E-state index is 12.5. The summed E-state index contributed by atoms with van der Waals surface area (Å²) in [6, 6.07) is 5.78. The number of phenols is 1. The van der Waals surface area contributed by atoms with Gasteiger partial charge in [-0.05, 0) is 12.1 Å². The lowest BCUT2D eigenvalue weighted by Crippen LogP contribution is -2.64. The van der Waals surface area contributed by atoms with Gasteiger partial charge in [0, 0.05) is 6.42 Å². The fourth-order valence-electron chi connectivity index (χ4n) is 3.84. The van der Waals surface area contributed by atoms with Crippen molar-refractivity contribution < 1.29 is 59.9 Å². The molecule has 0 spiro atoms. The van der Waals surface area contributed by atoms with Gasteiger partial charge in [-0.25, -0.2) is 0 Å². The van der Waals surface area contributed by atoms with Gasteiger partial charge in [0.2, 0.25) is 0 Å². The van der Waals surface area contributed by atoms with Crippen LogP contribution in [0.15, 0.2) is 24.3 Å². The van der Waals surface area contributed by atoms with Crippen molar-refractivity contribution in [3.8, 4) is 5.75 Å². The first-order chi connectivity index (χ1) is 15.2. The number of aromatic hydroxyl groups is 1. The summed E-state index contributed by atoms with van der Waals surface area (Å²) in [5.41, 5.74) is -0.00182. The van der Waals surface area contributed by atoms with Crippen LogP contribution in [0.25, 0.3) is 0 Å². The van der Waals surface area contributed by atoms with Crippen LogP contribution in [0, 0.1) is 0 Å². The van der Waals surface area contributed by atoms with Gasteiger partial charge in [-0.3, -0.25) is 4.79 Å². The third-order valence-electron chi connectivity index (χ3n) is 5.69.